The fraction of sp³-hybridized carbons (Fsp3) is 0.333. The third-order valence-electron chi connectivity index (χ3n) is 0.584. The monoisotopic (exact) mass is 115 g/mol. The van der Waals surface area contributed by atoms with Crippen molar-refractivity contribution in [3.8, 4) is 0 Å². The fourth-order valence-corrected chi connectivity index (χ4v) is 0.757. The van der Waals surface area contributed by atoms with Crippen LogP contribution in [0.1, 0.15) is 0 Å². The molecule has 0 unspecified atom stereocenters. The maximum atomic E-state index is 6.91. The van der Waals surface area contributed by atoms with Crippen LogP contribution in [0.3, 0.4) is 0 Å². The molecule has 1 heterocycles. The van der Waals surface area contributed by atoms with E-state index in [0.717, 1.165) is 0 Å². The molecule has 3 nitrogen and oxygen atoms in total. The molecular formula is C3H5N3S. The smallest absolute Gasteiger partial charge is 0.136 e. The van der Waals surface area contributed by atoms with Crippen LogP contribution in [0.15, 0.2) is 4.99 Å². The van der Waals surface area contributed by atoms with Gasteiger partial charge in [-0.25, -0.2) is 4.99 Å². The van der Waals surface area contributed by atoms with Gasteiger partial charge in [-0.15, -0.1) is 0 Å². The van der Waals surface area contributed by atoms with E-state index < -0.39 is 0 Å². The first-order chi connectivity index (χ1) is 3.39. The van der Waals surface area contributed by atoms with Crippen molar-refractivity contribution in [3.05, 3.63) is 0 Å². The van der Waals surface area contributed by atoms with Crippen LogP contribution in [-0.4, -0.2) is 17.9 Å². The number of aliphatic imine (C=N–C) groups is 1. The zero-order valence-electron chi connectivity index (χ0n) is 3.64. The highest BCUT2D eigenvalue weighted by Crippen LogP contribution is 1.92. The normalized spacial score (nSPS) is 20.3. The summed E-state index contributed by atoms with van der Waals surface area (Å²) in [6, 6.07) is 0. The van der Waals surface area contributed by atoms with Crippen LogP contribution in [0.5, 0.6) is 0 Å². The molecule has 4 heteroatoms. The van der Waals surface area contributed by atoms with Gasteiger partial charge in [-0.05, 0) is 11.9 Å². The first-order valence-corrected chi connectivity index (χ1v) is 2.76. The molecule has 1 aliphatic rings. The van der Waals surface area contributed by atoms with Gasteiger partial charge in [0.15, 0.2) is 0 Å². The van der Waals surface area contributed by atoms with E-state index in [0.29, 0.717) is 12.4 Å². The highest BCUT2D eigenvalue weighted by atomic mass is 32.2. The van der Waals surface area contributed by atoms with Crippen LogP contribution in [0.4, 0.5) is 0 Å². The topological polar surface area (TPSA) is 48.2 Å². The van der Waals surface area contributed by atoms with Gasteiger partial charge in [0.1, 0.15) is 5.84 Å². The van der Waals surface area contributed by atoms with Crippen molar-refractivity contribution in [2.24, 2.45) is 4.99 Å². The molecule has 2 N–H and O–H groups in total. The first kappa shape index (κ1) is 4.80. The first-order valence-electron chi connectivity index (χ1n) is 1.88. The Morgan fingerprint density at radius 1 is 2.00 bits per heavy atom. The van der Waals surface area contributed by atoms with Crippen molar-refractivity contribution in [3.63, 3.8) is 0 Å². The van der Waals surface area contributed by atoms with Crippen LogP contribution in [0.2, 0.25) is 0 Å². The molecule has 7 heavy (non-hydrogen) atoms. The van der Waals surface area contributed by atoms with Crippen LogP contribution in [0.25, 0.3) is 0 Å². The lowest BCUT2D eigenvalue weighted by Crippen LogP contribution is -2.17. The van der Waals surface area contributed by atoms with E-state index in [1.807, 2.05) is 0 Å². The van der Waals surface area contributed by atoms with Gasteiger partial charge in [-0.1, -0.05) is 0 Å². The Morgan fingerprint density at radius 2 is 2.86 bits per heavy atom. The Bertz CT molecular complexity index is 109. The molecule has 0 atom stereocenters. The molecule has 0 radical (unpaired) electrons. The summed E-state index contributed by atoms with van der Waals surface area (Å²) >= 11 is 1.42. The minimum absolute atomic E-state index is 0.402. The maximum absolute atomic E-state index is 6.91. The van der Waals surface area contributed by atoms with E-state index in [-0.39, 0.29) is 0 Å². The maximum Gasteiger partial charge on any atom is 0.136 e. The third kappa shape index (κ3) is 1.29. The largest absolute Gasteiger partial charge is 0.286 e. The minimum Gasteiger partial charge on any atom is -0.286 e. The summed E-state index contributed by atoms with van der Waals surface area (Å²) in [4.78, 5) is 3.69. The van der Waals surface area contributed by atoms with E-state index >= 15 is 0 Å². The number of amidine groups is 1. The van der Waals surface area contributed by atoms with Crippen LogP contribution < -0.4 is 4.72 Å². The van der Waals surface area contributed by atoms with Crippen molar-refractivity contribution in [1.82, 2.24) is 4.72 Å². The summed E-state index contributed by atoms with van der Waals surface area (Å²) in [5, 5.41) is 6.91. The molecule has 38 valence electrons. The highest BCUT2D eigenvalue weighted by Gasteiger charge is 1.95. The molecule has 0 spiro atoms. The summed E-state index contributed by atoms with van der Waals surface area (Å²) in [5.41, 5.74) is 1.62. The summed E-state index contributed by atoms with van der Waals surface area (Å²) in [5.74, 6) is 0.402. The molecule has 0 saturated carbocycles. The molecule has 0 saturated heterocycles. The number of hydrogen-bond donors (Lipinski definition) is 2. The number of rotatable bonds is 0. The average molecular weight is 115 g/mol. The van der Waals surface area contributed by atoms with E-state index in [9.17, 15) is 0 Å². The Morgan fingerprint density at radius 3 is 3.14 bits per heavy atom. The summed E-state index contributed by atoms with van der Waals surface area (Å²) in [6.07, 6.45) is 0. The van der Waals surface area contributed by atoms with Gasteiger partial charge < -0.3 is 0 Å². The lowest BCUT2D eigenvalue weighted by atomic mass is 10.6. The van der Waals surface area contributed by atoms with Gasteiger partial charge in [0.25, 0.3) is 0 Å². The van der Waals surface area contributed by atoms with Gasteiger partial charge in [-0.2, -0.15) is 0 Å². The average Bonchev–Trinajstić information content (AvgIpc) is 1.69. The molecule has 0 aliphatic carbocycles. The molecular weight excluding hydrogens is 110 g/mol. The van der Waals surface area contributed by atoms with Gasteiger partial charge in [0, 0.05) is 0 Å². The van der Waals surface area contributed by atoms with Crippen molar-refractivity contribution in [2.75, 3.05) is 6.54 Å². The van der Waals surface area contributed by atoms with Crippen LogP contribution in [-0.2, 0) is 0 Å². The lowest BCUT2D eigenvalue weighted by Gasteiger charge is -2.01. The van der Waals surface area contributed by atoms with Gasteiger partial charge >= 0.3 is 0 Å². The number of hydrogen-bond acceptors (Lipinski definition) is 3. The number of nitrogens with zero attached hydrogens (tertiary/aromatic N) is 1. The molecule has 0 fully saturated rings. The summed E-state index contributed by atoms with van der Waals surface area (Å²) in [7, 11) is 0. The van der Waals surface area contributed by atoms with Crippen LogP contribution in [0, 0.1) is 5.41 Å². The van der Waals surface area contributed by atoms with Crippen LogP contribution >= 0.6 is 11.9 Å². The van der Waals surface area contributed by atoms with Gasteiger partial charge in [0.05, 0.1) is 12.1 Å². The zero-order chi connectivity index (χ0) is 5.11. The van der Waals surface area contributed by atoms with Crippen molar-refractivity contribution >= 4 is 23.3 Å². The van der Waals surface area contributed by atoms with Crippen molar-refractivity contribution < 1.29 is 0 Å². The predicted molar refractivity (Wildman–Crippen MR) is 31.8 cm³/mol. The number of nitrogens with one attached hydrogen (secondary N) is 2. The summed E-state index contributed by atoms with van der Waals surface area (Å²) < 4.78 is 2.88. The van der Waals surface area contributed by atoms with Gasteiger partial charge in [-0.3, -0.25) is 10.1 Å². The Balaban J connectivity index is 2.51. The highest BCUT2D eigenvalue weighted by molar-refractivity contribution is 8.10. The molecule has 0 aromatic carbocycles. The second-order valence-electron chi connectivity index (χ2n) is 1.12. The SMILES string of the molecule is N=C1CNSC=N1. The third-order valence-corrected chi connectivity index (χ3v) is 1.11. The molecule has 0 amide bonds. The predicted octanol–water partition coefficient (Wildman–Crippen LogP) is 0.243. The van der Waals surface area contributed by atoms with E-state index in [2.05, 4.69) is 9.71 Å². The molecule has 1 aliphatic heterocycles. The van der Waals surface area contributed by atoms with Crippen molar-refractivity contribution in [1.29, 1.82) is 5.41 Å². The molecule has 0 bridgehead atoms. The van der Waals surface area contributed by atoms with Crippen molar-refractivity contribution in [2.45, 2.75) is 0 Å². The van der Waals surface area contributed by atoms with Gasteiger partial charge in [0.2, 0.25) is 0 Å². The molecule has 0 aromatic heterocycles. The van der Waals surface area contributed by atoms with E-state index in [4.69, 9.17) is 5.41 Å². The summed E-state index contributed by atoms with van der Waals surface area (Å²) in [6.45, 7) is 0.584. The zero-order valence-corrected chi connectivity index (χ0v) is 4.46. The minimum atomic E-state index is 0.402. The Hall–Kier alpha value is -0.350. The van der Waals surface area contributed by atoms with E-state index in [1.165, 1.54) is 11.9 Å². The fourth-order valence-electron chi connectivity index (χ4n) is 0.283. The Kier molecular flexibility index (Phi) is 1.43. The van der Waals surface area contributed by atoms with E-state index in [1.54, 1.807) is 5.55 Å². The molecule has 0 aromatic rings. The second-order valence-corrected chi connectivity index (χ2v) is 1.86. The molecule has 1 rings (SSSR count). The second kappa shape index (κ2) is 2.09. The standard InChI is InChI=1S/C3H5N3S/c4-3-1-6-7-2-5-3/h2,4,6H,1H2. The quantitative estimate of drug-likeness (QED) is 0.444. The Labute approximate surface area is 45.9 Å². The lowest BCUT2D eigenvalue weighted by molar-refractivity contribution is 1.13.